The second kappa shape index (κ2) is 6.00. The highest BCUT2D eigenvalue weighted by Crippen LogP contribution is 2.19. The number of nitrogens with zero attached hydrogens (tertiary/aromatic N) is 5. The maximum Gasteiger partial charge on any atom is 0.324 e. The number of benzene rings is 1. The molecular weight excluding hydrogens is 324 g/mol. The van der Waals surface area contributed by atoms with Crippen molar-refractivity contribution in [2.75, 3.05) is 19.6 Å². The molecule has 2 aliphatic rings. The van der Waals surface area contributed by atoms with Crippen LogP contribution in [0.5, 0.6) is 0 Å². The Morgan fingerprint density at radius 2 is 2.00 bits per heavy atom. The summed E-state index contributed by atoms with van der Waals surface area (Å²) < 4.78 is 0. The lowest BCUT2D eigenvalue weighted by atomic mass is 10.2. The number of likely N-dealkylation sites (tertiary alicyclic amines) is 1. The maximum atomic E-state index is 12.6. The molecule has 9 heteroatoms. The molecule has 1 aromatic heterocycles. The summed E-state index contributed by atoms with van der Waals surface area (Å²) in [6.45, 7) is 0.809. The van der Waals surface area contributed by atoms with Gasteiger partial charge in [-0.1, -0.05) is 18.2 Å². The third-order valence-corrected chi connectivity index (χ3v) is 4.39. The average molecular weight is 340 g/mol. The Bertz CT molecular complexity index is 817. The summed E-state index contributed by atoms with van der Waals surface area (Å²) in [5.74, 6) is -0.504. The van der Waals surface area contributed by atoms with Gasteiger partial charge in [0.15, 0.2) is 5.69 Å². The number of rotatable bonds is 3. The van der Waals surface area contributed by atoms with Crippen LogP contribution in [-0.4, -0.2) is 68.3 Å². The summed E-state index contributed by atoms with van der Waals surface area (Å²) in [5.41, 5.74) is 1.00. The van der Waals surface area contributed by atoms with Gasteiger partial charge in [-0.2, -0.15) is 9.90 Å². The van der Waals surface area contributed by atoms with Gasteiger partial charge in [0.05, 0.1) is 24.5 Å². The topological polar surface area (TPSA) is 100 Å². The molecule has 0 radical (unpaired) electrons. The largest absolute Gasteiger partial charge is 0.335 e. The summed E-state index contributed by atoms with van der Waals surface area (Å²) in [6.07, 6.45) is 1.99. The smallest absolute Gasteiger partial charge is 0.324 e. The second-order valence-corrected chi connectivity index (χ2v) is 5.97. The maximum absolute atomic E-state index is 12.6. The molecule has 2 aliphatic heterocycles. The minimum Gasteiger partial charge on any atom is -0.335 e. The number of carbonyl (C=O) groups excluding carboxylic acids is 3. The van der Waals surface area contributed by atoms with Crippen LogP contribution in [0.4, 0.5) is 4.79 Å². The van der Waals surface area contributed by atoms with Crippen molar-refractivity contribution in [1.29, 1.82) is 0 Å². The third-order valence-electron chi connectivity index (χ3n) is 4.39. The molecular formula is C16H16N6O3. The minimum absolute atomic E-state index is 0.0225. The van der Waals surface area contributed by atoms with E-state index in [1.165, 1.54) is 15.9 Å². The molecule has 2 saturated heterocycles. The first-order chi connectivity index (χ1) is 12.1. The lowest BCUT2D eigenvalue weighted by Crippen LogP contribution is -2.43. The zero-order chi connectivity index (χ0) is 17.4. The van der Waals surface area contributed by atoms with Crippen LogP contribution in [0.25, 0.3) is 5.69 Å². The first kappa shape index (κ1) is 15.3. The van der Waals surface area contributed by atoms with E-state index in [4.69, 9.17) is 0 Å². The van der Waals surface area contributed by atoms with Crippen LogP contribution in [0.2, 0.25) is 0 Å². The summed E-state index contributed by atoms with van der Waals surface area (Å²) >= 11 is 0. The number of urea groups is 1. The summed E-state index contributed by atoms with van der Waals surface area (Å²) in [6, 6.07) is 8.63. The first-order valence-electron chi connectivity index (χ1n) is 8.00. The Hall–Kier alpha value is -3.23. The fourth-order valence-corrected chi connectivity index (χ4v) is 3.15. The fraction of sp³-hybridized carbons (Fsp3) is 0.312. The van der Waals surface area contributed by atoms with E-state index in [9.17, 15) is 14.4 Å². The molecule has 0 saturated carbocycles. The molecule has 2 aromatic rings. The van der Waals surface area contributed by atoms with Crippen LogP contribution < -0.4 is 5.32 Å². The van der Waals surface area contributed by atoms with E-state index in [0.29, 0.717) is 19.5 Å². The lowest BCUT2D eigenvalue weighted by molar-refractivity contribution is -0.126. The molecule has 0 spiro atoms. The molecule has 25 heavy (non-hydrogen) atoms. The predicted octanol–water partition coefficient (Wildman–Crippen LogP) is 0.0336. The molecule has 4 amide bonds. The van der Waals surface area contributed by atoms with Crippen LogP contribution in [0.3, 0.4) is 0 Å². The summed E-state index contributed by atoms with van der Waals surface area (Å²) in [4.78, 5) is 40.4. The number of imide groups is 1. The summed E-state index contributed by atoms with van der Waals surface area (Å²) in [5, 5.41) is 10.9. The van der Waals surface area contributed by atoms with E-state index in [1.54, 1.807) is 4.90 Å². The predicted molar refractivity (Wildman–Crippen MR) is 85.9 cm³/mol. The van der Waals surface area contributed by atoms with Crippen molar-refractivity contribution in [3.8, 4) is 5.69 Å². The lowest BCUT2D eigenvalue weighted by Gasteiger charge is -2.21. The van der Waals surface area contributed by atoms with Crippen molar-refractivity contribution in [3.63, 3.8) is 0 Å². The zero-order valence-electron chi connectivity index (χ0n) is 13.3. The third kappa shape index (κ3) is 2.73. The van der Waals surface area contributed by atoms with Crippen molar-refractivity contribution in [2.24, 2.45) is 0 Å². The molecule has 1 N–H and O–H groups in total. The first-order valence-corrected chi connectivity index (χ1v) is 8.00. The van der Waals surface area contributed by atoms with Gasteiger partial charge in [0.2, 0.25) is 5.91 Å². The van der Waals surface area contributed by atoms with Crippen LogP contribution in [-0.2, 0) is 4.79 Å². The van der Waals surface area contributed by atoms with Crippen LogP contribution in [0.15, 0.2) is 36.5 Å². The number of hydrogen-bond acceptors (Lipinski definition) is 5. The van der Waals surface area contributed by atoms with Gasteiger partial charge >= 0.3 is 6.03 Å². The van der Waals surface area contributed by atoms with Crippen molar-refractivity contribution in [1.82, 2.24) is 30.1 Å². The van der Waals surface area contributed by atoms with E-state index < -0.39 is 0 Å². The molecule has 0 bridgehead atoms. The number of aromatic nitrogens is 3. The molecule has 3 heterocycles. The number of nitrogens with one attached hydrogen (secondary N) is 1. The zero-order valence-corrected chi connectivity index (χ0v) is 13.3. The van der Waals surface area contributed by atoms with Gasteiger partial charge in [-0.25, -0.2) is 4.79 Å². The van der Waals surface area contributed by atoms with Crippen molar-refractivity contribution in [3.05, 3.63) is 42.2 Å². The van der Waals surface area contributed by atoms with Gasteiger partial charge in [-0.15, -0.1) is 5.10 Å². The van der Waals surface area contributed by atoms with E-state index >= 15 is 0 Å². The molecule has 1 aromatic carbocycles. The Labute approximate surface area is 143 Å². The fourth-order valence-electron chi connectivity index (χ4n) is 3.15. The van der Waals surface area contributed by atoms with E-state index in [1.807, 2.05) is 30.3 Å². The van der Waals surface area contributed by atoms with Crippen molar-refractivity contribution in [2.45, 2.75) is 12.5 Å². The Morgan fingerprint density at radius 1 is 1.20 bits per heavy atom. The van der Waals surface area contributed by atoms with Crippen molar-refractivity contribution >= 4 is 17.8 Å². The highest BCUT2D eigenvalue weighted by molar-refractivity contribution is 6.02. The van der Waals surface area contributed by atoms with Gasteiger partial charge in [0, 0.05) is 13.1 Å². The molecule has 1 atom stereocenters. The van der Waals surface area contributed by atoms with E-state index in [2.05, 4.69) is 15.5 Å². The van der Waals surface area contributed by atoms with Crippen LogP contribution in [0.1, 0.15) is 16.9 Å². The normalized spacial score (nSPS) is 20.2. The van der Waals surface area contributed by atoms with Gasteiger partial charge in [-0.05, 0) is 18.6 Å². The Kier molecular flexibility index (Phi) is 3.68. The number of amides is 4. The quantitative estimate of drug-likeness (QED) is 0.795. The summed E-state index contributed by atoms with van der Waals surface area (Å²) in [7, 11) is 0. The van der Waals surface area contributed by atoms with Gasteiger partial charge in [-0.3, -0.25) is 14.5 Å². The number of carbonyl (C=O) groups is 3. The monoisotopic (exact) mass is 340 g/mol. The molecule has 0 aliphatic carbocycles. The minimum atomic E-state index is -0.390. The molecule has 128 valence electrons. The molecule has 2 fully saturated rings. The van der Waals surface area contributed by atoms with E-state index in [0.717, 1.165) is 5.69 Å². The molecule has 9 nitrogen and oxygen atoms in total. The standard InChI is InChI=1S/C16H16N6O3/c23-14-9-17-16(25)21(14)12-6-7-20(10-12)15(24)13-8-18-22(19-13)11-4-2-1-3-5-11/h1-5,8,12H,6-7,9-10H2,(H,17,25)/t12-/m0/s1. The van der Waals surface area contributed by atoms with Gasteiger partial charge in [0.1, 0.15) is 0 Å². The number of para-hydroxylation sites is 1. The highest BCUT2D eigenvalue weighted by atomic mass is 16.2. The van der Waals surface area contributed by atoms with Crippen LogP contribution in [0, 0.1) is 0 Å². The Balaban J connectivity index is 1.46. The molecule has 0 unspecified atom stereocenters. The van der Waals surface area contributed by atoms with Gasteiger partial charge < -0.3 is 10.2 Å². The molecule has 4 rings (SSSR count). The second-order valence-electron chi connectivity index (χ2n) is 5.97. The van der Waals surface area contributed by atoms with Gasteiger partial charge in [0.25, 0.3) is 5.91 Å². The SMILES string of the molecule is O=C(c1cnn(-c2ccccc2)n1)N1CC[C@H](N2C(=O)CNC2=O)C1. The number of hydrogen-bond donors (Lipinski definition) is 1. The van der Waals surface area contributed by atoms with Crippen LogP contribution >= 0.6 is 0 Å². The van der Waals surface area contributed by atoms with E-state index in [-0.39, 0.29) is 36.1 Å². The van der Waals surface area contributed by atoms with Crippen molar-refractivity contribution < 1.29 is 14.4 Å². The average Bonchev–Trinajstić information content (AvgIpc) is 3.35. The highest BCUT2D eigenvalue weighted by Gasteiger charge is 2.40. The Morgan fingerprint density at radius 3 is 2.72 bits per heavy atom.